The minimum atomic E-state index is 0. The van der Waals surface area contributed by atoms with Crippen molar-refractivity contribution in [2.24, 2.45) is 7.05 Å². The average molecular weight is 404 g/mol. The highest BCUT2D eigenvalue weighted by Gasteiger charge is 2.30. The van der Waals surface area contributed by atoms with E-state index in [1.54, 1.807) is 24.2 Å². The number of nitrogens with one attached hydrogen (secondary N) is 1. The molecule has 0 radical (unpaired) electrons. The summed E-state index contributed by atoms with van der Waals surface area (Å²) in [4.78, 5) is 23.3. The first kappa shape index (κ1) is 21.8. The number of imidazole rings is 1. The number of pyridine rings is 1. The molecule has 1 atom stereocenters. The molecule has 0 bridgehead atoms. The summed E-state index contributed by atoms with van der Waals surface area (Å²) in [6, 6.07) is 5.86. The highest BCUT2D eigenvalue weighted by atomic mass is 35.5. The van der Waals surface area contributed by atoms with E-state index in [9.17, 15) is 4.79 Å². The zero-order valence-corrected chi connectivity index (χ0v) is 16.4. The molecule has 1 amide bonds. The zero-order chi connectivity index (χ0) is 16.1. The number of amides is 1. The Labute approximate surface area is 164 Å². The van der Waals surface area contributed by atoms with E-state index < -0.39 is 0 Å². The van der Waals surface area contributed by atoms with Gasteiger partial charge in [-0.25, -0.2) is 4.98 Å². The number of hydrogen-bond donors (Lipinski definition) is 1. The van der Waals surface area contributed by atoms with E-state index in [-0.39, 0.29) is 36.8 Å². The maximum absolute atomic E-state index is 12.6. The number of carbonyl (C=O) groups is 1. The number of piperazine rings is 1. The number of halogens is 2. The number of thioether (sulfide) groups is 1. The van der Waals surface area contributed by atoms with Crippen LogP contribution in [0.3, 0.4) is 0 Å². The molecule has 3 heterocycles. The van der Waals surface area contributed by atoms with Gasteiger partial charge >= 0.3 is 0 Å². The van der Waals surface area contributed by atoms with Crippen molar-refractivity contribution in [1.82, 2.24) is 24.8 Å². The zero-order valence-electron chi connectivity index (χ0n) is 14.0. The maximum Gasteiger partial charge on any atom is 0.233 e. The van der Waals surface area contributed by atoms with Crippen LogP contribution in [-0.4, -0.2) is 50.7 Å². The van der Waals surface area contributed by atoms with Crippen molar-refractivity contribution in [2.75, 3.05) is 25.4 Å². The molecule has 1 aliphatic heterocycles. The Bertz CT molecular complexity index is 655. The van der Waals surface area contributed by atoms with Gasteiger partial charge in [-0.05, 0) is 12.1 Å². The highest BCUT2D eigenvalue weighted by molar-refractivity contribution is 7.99. The van der Waals surface area contributed by atoms with E-state index in [1.807, 2.05) is 40.9 Å². The average Bonchev–Trinajstić information content (AvgIpc) is 3.01. The molecule has 1 unspecified atom stereocenters. The Morgan fingerprint density at radius 2 is 2.16 bits per heavy atom. The topological polar surface area (TPSA) is 63.1 Å². The van der Waals surface area contributed by atoms with E-state index in [0.29, 0.717) is 5.75 Å². The maximum atomic E-state index is 12.6. The van der Waals surface area contributed by atoms with Crippen molar-refractivity contribution in [3.8, 4) is 0 Å². The lowest BCUT2D eigenvalue weighted by Gasteiger charge is -2.35. The first-order valence-corrected chi connectivity index (χ1v) is 8.86. The Kier molecular flexibility index (Phi) is 9.27. The lowest BCUT2D eigenvalue weighted by molar-refractivity contribution is -0.131. The largest absolute Gasteiger partial charge is 0.336 e. The summed E-state index contributed by atoms with van der Waals surface area (Å²) in [6.45, 7) is 2.31. The second kappa shape index (κ2) is 10.7. The fraction of sp³-hybridized carbons (Fsp3) is 0.438. The van der Waals surface area contributed by atoms with Crippen LogP contribution in [0.15, 0.2) is 36.8 Å². The Balaban J connectivity index is 0.00000156. The molecular formula is C16H23Cl2N5OS. The van der Waals surface area contributed by atoms with Gasteiger partial charge in [0.05, 0.1) is 11.4 Å². The number of rotatable bonds is 5. The molecule has 1 saturated heterocycles. The Hall–Kier alpha value is -1.28. The molecule has 3 rings (SSSR count). The number of nitrogens with zero attached hydrogens (tertiary/aromatic N) is 4. The molecule has 0 saturated carbocycles. The van der Waals surface area contributed by atoms with E-state index >= 15 is 0 Å². The van der Waals surface area contributed by atoms with Crippen LogP contribution in [0.2, 0.25) is 0 Å². The fourth-order valence-electron chi connectivity index (χ4n) is 2.74. The molecule has 6 nitrogen and oxygen atoms in total. The monoisotopic (exact) mass is 403 g/mol. The smallest absolute Gasteiger partial charge is 0.233 e. The molecule has 2 aromatic heterocycles. The standard InChI is InChI=1S/C16H21N5OS.2ClH/c1-20-8-7-19-16(20)14-10-17-6-9-21(14)15(22)12-23-11-13-4-2-3-5-18-13;;/h2-5,7-8,14,17H,6,9-12H2,1H3;2*1H. The number of aromatic nitrogens is 3. The Morgan fingerprint density at radius 3 is 2.84 bits per heavy atom. The second-order valence-electron chi connectivity index (χ2n) is 5.52. The van der Waals surface area contributed by atoms with E-state index in [0.717, 1.165) is 36.9 Å². The third-order valence-electron chi connectivity index (χ3n) is 3.92. The van der Waals surface area contributed by atoms with Gasteiger partial charge in [0.2, 0.25) is 5.91 Å². The third-order valence-corrected chi connectivity index (χ3v) is 4.87. The molecule has 0 aromatic carbocycles. The van der Waals surface area contributed by atoms with E-state index in [4.69, 9.17) is 0 Å². The van der Waals surface area contributed by atoms with Gasteiger partial charge in [-0.3, -0.25) is 9.78 Å². The summed E-state index contributed by atoms with van der Waals surface area (Å²) in [5.74, 6) is 2.32. The van der Waals surface area contributed by atoms with Crippen LogP contribution < -0.4 is 5.32 Å². The lowest BCUT2D eigenvalue weighted by Crippen LogP contribution is -2.50. The van der Waals surface area contributed by atoms with Crippen molar-refractivity contribution in [3.63, 3.8) is 0 Å². The number of aryl methyl sites for hydroxylation is 1. The summed E-state index contributed by atoms with van der Waals surface area (Å²) in [6.07, 6.45) is 5.48. The summed E-state index contributed by atoms with van der Waals surface area (Å²) in [5, 5.41) is 3.35. The second-order valence-corrected chi connectivity index (χ2v) is 6.50. The first-order chi connectivity index (χ1) is 11.3. The van der Waals surface area contributed by atoms with Crippen LogP contribution in [0.25, 0.3) is 0 Å². The van der Waals surface area contributed by atoms with E-state index in [2.05, 4.69) is 15.3 Å². The van der Waals surface area contributed by atoms with Crippen molar-refractivity contribution in [1.29, 1.82) is 0 Å². The van der Waals surface area contributed by atoms with Crippen LogP contribution in [0.1, 0.15) is 17.6 Å². The van der Waals surface area contributed by atoms with Crippen molar-refractivity contribution in [2.45, 2.75) is 11.8 Å². The summed E-state index contributed by atoms with van der Waals surface area (Å²) >= 11 is 1.61. The van der Waals surface area contributed by atoms with Gasteiger partial charge < -0.3 is 14.8 Å². The number of hydrogen-bond acceptors (Lipinski definition) is 5. The molecule has 9 heteroatoms. The minimum Gasteiger partial charge on any atom is -0.336 e. The molecule has 0 aliphatic carbocycles. The highest BCUT2D eigenvalue weighted by Crippen LogP contribution is 2.22. The molecule has 1 fully saturated rings. The quantitative estimate of drug-likeness (QED) is 0.827. The van der Waals surface area contributed by atoms with Crippen molar-refractivity contribution < 1.29 is 4.79 Å². The SMILES string of the molecule is Cl.Cl.Cn1ccnc1C1CNCCN1C(=O)CSCc1ccccn1. The van der Waals surface area contributed by atoms with Crippen LogP contribution >= 0.6 is 36.6 Å². The molecule has 138 valence electrons. The van der Waals surface area contributed by atoms with Gasteiger partial charge in [0.15, 0.2) is 0 Å². The molecule has 1 N–H and O–H groups in total. The van der Waals surface area contributed by atoms with Gasteiger partial charge in [-0.1, -0.05) is 6.07 Å². The van der Waals surface area contributed by atoms with Gasteiger partial charge in [0, 0.05) is 51.0 Å². The van der Waals surface area contributed by atoms with E-state index in [1.165, 1.54) is 0 Å². The van der Waals surface area contributed by atoms with Crippen LogP contribution in [0.4, 0.5) is 0 Å². The van der Waals surface area contributed by atoms with Crippen LogP contribution in [0.5, 0.6) is 0 Å². The molecule has 0 spiro atoms. The third kappa shape index (κ3) is 5.60. The summed E-state index contributed by atoms with van der Waals surface area (Å²) < 4.78 is 1.99. The normalized spacial score (nSPS) is 16.7. The minimum absolute atomic E-state index is 0. The van der Waals surface area contributed by atoms with Crippen molar-refractivity contribution in [3.05, 3.63) is 48.3 Å². The summed E-state index contributed by atoms with van der Waals surface area (Å²) in [7, 11) is 1.97. The summed E-state index contributed by atoms with van der Waals surface area (Å²) in [5.41, 5.74) is 1.01. The Morgan fingerprint density at radius 1 is 1.32 bits per heavy atom. The van der Waals surface area contributed by atoms with Crippen LogP contribution in [-0.2, 0) is 17.6 Å². The first-order valence-electron chi connectivity index (χ1n) is 7.71. The molecular weight excluding hydrogens is 381 g/mol. The van der Waals surface area contributed by atoms with Gasteiger partial charge in [0.1, 0.15) is 11.9 Å². The van der Waals surface area contributed by atoms with Gasteiger partial charge in [-0.15, -0.1) is 36.6 Å². The fourth-order valence-corrected chi connectivity index (χ4v) is 3.56. The number of carbonyl (C=O) groups excluding carboxylic acids is 1. The van der Waals surface area contributed by atoms with Gasteiger partial charge in [0.25, 0.3) is 0 Å². The molecule has 25 heavy (non-hydrogen) atoms. The van der Waals surface area contributed by atoms with Gasteiger partial charge in [-0.2, -0.15) is 0 Å². The predicted molar refractivity (Wildman–Crippen MR) is 105 cm³/mol. The molecule has 2 aromatic rings. The van der Waals surface area contributed by atoms with Crippen LogP contribution in [0, 0.1) is 0 Å². The lowest BCUT2D eigenvalue weighted by atomic mass is 10.1. The predicted octanol–water partition coefficient (Wildman–Crippen LogP) is 2.06. The van der Waals surface area contributed by atoms with Crippen molar-refractivity contribution >= 4 is 42.5 Å². The molecule has 1 aliphatic rings.